The van der Waals surface area contributed by atoms with Crippen LogP contribution in [-0.2, 0) is 9.59 Å². The number of hydrogen-bond acceptors (Lipinski definition) is 2. The molecule has 2 fully saturated rings. The molecule has 4 nitrogen and oxygen atoms in total. The van der Waals surface area contributed by atoms with Crippen molar-refractivity contribution in [3.8, 4) is 0 Å². The largest absolute Gasteiger partial charge is 0.481 e. The molecular weight excluding hydrogens is 242 g/mol. The average Bonchev–Trinajstić information content (AvgIpc) is 3.06. The van der Waals surface area contributed by atoms with Gasteiger partial charge in [0, 0.05) is 19.5 Å². The average molecular weight is 267 g/mol. The zero-order chi connectivity index (χ0) is 13.9. The van der Waals surface area contributed by atoms with E-state index in [2.05, 4.69) is 0 Å². The van der Waals surface area contributed by atoms with E-state index in [1.165, 1.54) is 12.8 Å². The van der Waals surface area contributed by atoms with Crippen LogP contribution >= 0.6 is 0 Å². The standard InChI is InChI=1S/C15H25NO3/c1-2-16(11-12-5-6-12)13(17)9-15(10-14(18)19)7-3-4-8-15/h12H,2-11H2,1H3,(H,18,19). The lowest BCUT2D eigenvalue weighted by Crippen LogP contribution is -2.37. The summed E-state index contributed by atoms with van der Waals surface area (Å²) in [7, 11) is 0. The molecule has 0 radical (unpaired) electrons. The fraction of sp³-hybridized carbons (Fsp3) is 0.867. The predicted octanol–water partition coefficient (Wildman–Crippen LogP) is 2.67. The molecular formula is C15H25NO3. The minimum absolute atomic E-state index is 0.153. The summed E-state index contributed by atoms with van der Waals surface area (Å²) < 4.78 is 0. The van der Waals surface area contributed by atoms with Crippen LogP contribution in [0.5, 0.6) is 0 Å². The van der Waals surface area contributed by atoms with Gasteiger partial charge in [0.05, 0.1) is 6.42 Å². The smallest absolute Gasteiger partial charge is 0.303 e. The van der Waals surface area contributed by atoms with Crippen LogP contribution in [0.1, 0.15) is 58.3 Å². The van der Waals surface area contributed by atoms with Crippen molar-refractivity contribution in [3.63, 3.8) is 0 Å². The maximum absolute atomic E-state index is 12.4. The Morgan fingerprint density at radius 3 is 2.32 bits per heavy atom. The number of carboxylic acid groups (broad SMARTS) is 1. The topological polar surface area (TPSA) is 57.6 Å². The third-order valence-corrected chi connectivity index (χ3v) is 4.63. The Labute approximate surface area is 115 Å². The molecule has 0 aromatic carbocycles. The minimum Gasteiger partial charge on any atom is -0.481 e. The summed E-state index contributed by atoms with van der Waals surface area (Å²) in [6, 6.07) is 0. The van der Waals surface area contributed by atoms with Crippen LogP contribution in [0, 0.1) is 11.3 Å². The molecule has 2 aliphatic rings. The lowest BCUT2D eigenvalue weighted by atomic mass is 9.79. The monoisotopic (exact) mass is 267 g/mol. The van der Waals surface area contributed by atoms with E-state index in [4.69, 9.17) is 5.11 Å². The van der Waals surface area contributed by atoms with Gasteiger partial charge in [-0.05, 0) is 43.9 Å². The van der Waals surface area contributed by atoms with Gasteiger partial charge in [0.2, 0.25) is 5.91 Å². The summed E-state index contributed by atoms with van der Waals surface area (Å²) in [4.78, 5) is 25.4. The van der Waals surface area contributed by atoms with Gasteiger partial charge in [-0.15, -0.1) is 0 Å². The second-order valence-corrected chi connectivity index (χ2v) is 6.33. The minimum atomic E-state index is -0.764. The number of carbonyl (C=O) groups excluding carboxylic acids is 1. The Bertz CT molecular complexity index is 343. The highest BCUT2D eigenvalue weighted by atomic mass is 16.4. The van der Waals surface area contributed by atoms with Crippen LogP contribution in [0.2, 0.25) is 0 Å². The zero-order valence-corrected chi connectivity index (χ0v) is 11.9. The van der Waals surface area contributed by atoms with Gasteiger partial charge in [0.15, 0.2) is 0 Å². The molecule has 2 rings (SSSR count). The van der Waals surface area contributed by atoms with Crippen LogP contribution in [0.4, 0.5) is 0 Å². The Morgan fingerprint density at radius 1 is 1.21 bits per heavy atom. The molecule has 0 saturated heterocycles. The lowest BCUT2D eigenvalue weighted by molar-refractivity contribution is -0.141. The van der Waals surface area contributed by atoms with Crippen LogP contribution in [0.3, 0.4) is 0 Å². The summed E-state index contributed by atoms with van der Waals surface area (Å²) in [5.74, 6) is 0.0976. The number of carbonyl (C=O) groups is 2. The zero-order valence-electron chi connectivity index (χ0n) is 11.9. The van der Waals surface area contributed by atoms with E-state index in [-0.39, 0.29) is 17.7 Å². The van der Waals surface area contributed by atoms with Gasteiger partial charge >= 0.3 is 5.97 Å². The lowest BCUT2D eigenvalue weighted by Gasteiger charge is -2.30. The van der Waals surface area contributed by atoms with Crippen molar-refractivity contribution < 1.29 is 14.7 Å². The molecule has 0 unspecified atom stereocenters. The number of rotatable bonds is 7. The number of amides is 1. The molecule has 0 aromatic rings. The second kappa shape index (κ2) is 5.93. The van der Waals surface area contributed by atoms with Gasteiger partial charge in [-0.1, -0.05) is 12.8 Å². The number of aliphatic carboxylic acids is 1. The van der Waals surface area contributed by atoms with Gasteiger partial charge in [-0.2, -0.15) is 0 Å². The van der Waals surface area contributed by atoms with Gasteiger partial charge in [0.1, 0.15) is 0 Å². The highest BCUT2D eigenvalue weighted by Gasteiger charge is 2.39. The third-order valence-electron chi connectivity index (χ3n) is 4.63. The van der Waals surface area contributed by atoms with E-state index in [1.54, 1.807) is 0 Å². The molecule has 0 spiro atoms. The SMILES string of the molecule is CCN(CC1CC1)C(=O)CC1(CC(=O)O)CCCC1. The fourth-order valence-electron chi connectivity index (χ4n) is 3.31. The van der Waals surface area contributed by atoms with Crippen molar-refractivity contribution in [3.05, 3.63) is 0 Å². The maximum Gasteiger partial charge on any atom is 0.303 e. The van der Waals surface area contributed by atoms with E-state index < -0.39 is 5.97 Å². The van der Waals surface area contributed by atoms with Crippen molar-refractivity contribution in [1.82, 2.24) is 4.90 Å². The Hall–Kier alpha value is -1.06. The molecule has 0 bridgehead atoms. The van der Waals surface area contributed by atoms with Crippen LogP contribution in [0.15, 0.2) is 0 Å². The number of carboxylic acids is 1. The molecule has 108 valence electrons. The summed E-state index contributed by atoms with van der Waals surface area (Å²) in [5.41, 5.74) is -0.264. The van der Waals surface area contributed by atoms with Gasteiger partial charge in [0.25, 0.3) is 0 Å². The van der Waals surface area contributed by atoms with E-state index in [1.807, 2.05) is 11.8 Å². The molecule has 4 heteroatoms. The predicted molar refractivity (Wildman–Crippen MR) is 72.7 cm³/mol. The Morgan fingerprint density at radius 2 is 1.84 bits per heavy atom. The highest BCUT2D eigenvalue weighted by molar-refractivity contribution is 5.78. The Balaban J connectivity index is 1.94. The molecule has 2 aliphatic carbocycles. The quantitative estimate of drug-likeness (QED) is 0.771. The van der Waals surface area contributed by atoms with E-state index >= 15 is 0 Å². The molecule has 2 saturated carbocycles. The first-order chi connectivity index (χ1) is 9.04. The Kier molecular flexibility index (Phi) is 4.48. The molecule has 0 atom stereocenters. The first-order valence-corrected chi connectivity index (χ1v) is 7.54. The molecule has 0 aliphatic heterocycles. The first-order valence-electron chi connectivity index (χ1n) is 7.54. The molecule has 1 N–H and O–H groups in total. The van der Waals surface area contributed by atoms with Crippen molar-refractivity contribution in [2.45, 2.75) is 58.3 Å². The van der Waals surface area contributed by atoms with E-state index in [0.29, 0.717) is 12.3 Å². The van der Waals surface area contributed by atoms with Crippen LogP contribution in [-0.4, -0.2) is 35.0 Å². The van der Waals surface area contributed by atoms with Gasteiger partial charge in [-0.3, -0.25) is 9.59 Å². The van der Waals surface area contributed by atoms with E-state index in [0.717, 1.165) is 38.8 Å². The van der Waals surface area contributed by atoms with Crippen LogP contribution < -0.4 is 0 Å². The normalized spacial score (nSPS) is 21.3. The van der Waals surface area contributed by atoms with E-state index in [9.17, 15) is 9.59 Å². The van der Waals surface area contributed by atoms with Crippen molar-refractivity contribution in [2.24, 2.45) is 11.3 Å². The molecule has 0 aromatic heterocycles. The van der Waals surface area contributed by atoms with Crippen LogP contribution in [0.25, 0.3) is 0 Å². The molecule has 19 heavy (non-hydrogen) atoms. The summed E-state index contributed by atoms with van der Waals surface area (Å²) in [5, 5.41) is 9.08. The fourth-order valence-corrected chi connectivity index (χ4v) is 3.31. The van der Waals surface area contributed by atoms with Crippen molar-refractivity contribution in [2.75, 3.05) is 13.1 Å². The molecule has 1 amide bonds. The highest BCUT2D eigenvalue weighted by Crippen LogP contribution is 2.44. The van der Waals surface area contributed by atoms with Crippen molar-refractivity contribution >= 4 is 11.9 Å². The van der Waals surface area contributed by atoms with Crippen molar-refractivity contribution in [1.29, 1.82) is 0 Å². The summed E-state index contributed by atoms with van der Waals surface area (Å²) in [6.07, 6.45) is 6.98. The number of hydrogen-bond donors (Lipinski definition) is 1. The summed E-state index contributed by atoms with van der Waals surface area (Å²) >= 11 is 0. The number of nitrogens with zero attached hydrogens (tertiary/aromatic N) is 1. The first kappa shape index (κ1) is 14.4. The summed E-state index contributed by atoms with van der Waals surface area (Å²) in [6.45, 7) is 3.63. The second-order valence-electron chi connectivity index (χ2n) is 6.33. The van der Waals surface area contributed by atoms with Gasteiger partial charge < -0.3 is 10.0 Å². The molecule has 0 heterocycles. The third kappa shape index (κ3) is 3.95. The van der Waals surface area contributed by atoms with Gasteiger partial charge in [-0.25, -0.2) is 0 Å². The maximum atomic E-state index is 12.4.